The van der Waals surface area contributed by atoms with Crippen LogP contribution in [0.4, 0.5) is 4.79 Å². The Balaban J connectivity index is 1.20. The van der Waals surface area contributed by atoms with E-state index in [4.69, 9.17) is 9.73 Å². The van der Waals surface area contributed by atoms with E-state index >= 15 is 0 Å². The van der Waals surface area contributed by atoms with Crippen LogP contribution in [0.25, 0.3) is 32.7 Å². The molecule has 0 saturated heterocycles. The molecule has 5 aromatic carbocycles. The molecule has 1 amide bonds. The Labute approximate surface area is 307 Å². The molecule has 0 radical (unpaired) electrons. The Morgan fingerprint density at radius 2 is 1.40 bits per heavy atom. The zero-order chi connectivity index (χ0) is 36.2. The number of para-hydroxylation sites is 3. The number of ether oxygens (including phenoxy) is 1. The Morgan fingerprint density at radius 1 is 0.736 bits per heavy atom. The summed E-state index contributed by atoms with van der Waals surface area (Å²) in [6, 6.07) is 41.7. The average Bonchev–Trinajstić information content (AvgIpc) is 3.91. The number of nitrogens with one attached hydrogen (secondary N) is 3. The molecular weight excluding hydrogens is 683 g/mol. The largest absolute Gasteiger partial charge is 0.445 e. The van der Waals surface area contributed by atoms with Gasteiger partial charge in [-0.2, -0.15) is 0 Å². The van der Waals surface area contributed by atoms with Gasteiger partial charge in [0, 0.05) is 58.2 Å². The lowest BCUT2D eigenvalue weighted by molar-refractivity contribution is 0.140. The van der Waals surface area contributed by atoms with E-state index in [1.54, 1.807) is 36.5 Å². The van der Waals surface area contributed by atoms with E-state index in [1.807, 2.05) is 97.2 Å². The number of fused-ring (bicyclic) bond motifs is 3. The molecule has 8 rings (SSSR count). The minimum atomic E-state index is -3.94. The highest BCUT2D eigenvalue weighted by Gasteiger charge is 2.26. The lowest BCUT2D eigenvalue weighted by Crippen LogP contribution is -2.26. The summed E-state index contributed by atoms with van der Waals surface area (Å²) in [7, 11) is -3.94. The van der Waals surface area contributed by atoms with E-state index in [9.17, 15) is 13.2 Å². The molecule has 264 valence electrons. The maximum absolute atomic E-state index is 14.1. The van der Waals surface area contributed by atoms with Gasteiger partial charge in [0.05, 0.1) is 21.8 Å². The fourth-order valence-electron chi connectivity index (χ4n) is 6.89. The molecule has 0 unspecified atom stereocenters. The molecule has 0 saturated carbocycles. The third-order valence-electron chi connectivity index (χ3n) is 9.47. The highest BCUT2D eigenvalue weighted by Crippen LogP contribution is 2.32. The molecule has 0 aliphatic rings. The SMILES string of the molecule is O=C(NCCc1c(C(=NCCc2c[nH]c3ccccc23)c2cn(S(=O)(=O)c3ccccc3)c3ccccc23)[nH]c2ccccc12)OCc1ccccc1. The fraction of sp³-hybridized carbons (Fsp3) is 0.116. The number of aromatic amines is 2. The Hall–Kier alpha value is -6.39. The van der Waals surface area contributed by atoms with Crippen LogP contribution < -0.4 is 5.32 Å². The molecule has 0 aliphatic heterocycles. The van der Waals surface area contributed by atoms with E-state index in [0.29, 0.717) is 42.7 Å². The van der Waals surface area contributed by atoms with Crippen molar-refractivity contribution in [2.75, 3.05) is 13.1 Å². The molecule has 9 nitrogen and oxygen atoms in total. The van der Waals surface area contributed by atoms with Crippen LogP contribution in [0.1, 0.15) is 27.9 Å². The van der Waals surface area contributed by atoms with Crippen molar-refractivity contribution in [1.82, 2.24) is 19.3 Å². The van der Waals surface area contributed by atoms with E-state index in [1.165, 1.54) is 3.97 Å². The number of alkyl carbamates (subject to hydrolysis) is 1. The van der Waals surface area contributed by atoms with Gasteiger partial charge in [0.2, 0.25) is 0 Å². The van der Waals surface area contributed by atoms with Gasteiger partial charge in [-0.3, -0.25) is 4.99 Å². The second-order valence-electron chi connectivity index (χ2n) is 12.8. The summed E-state index contributed by atoms with van der Waals surface area (Å²) in [6.45, 7) is 0.935. The number of hydrogen-bond donors (Lipinski definition) is 3. The van der Waals surface area contributed by atoms with Crippen LogP contribution in [0.5, 0.6) is 0 Å². The van der Waals surface area contributed by atoms with Crippen molar-refractivity contribution >= 4 is 54.5 Å². The summed E-state index contributed by atoms with van der Waals surface area (Å²) in [4.78, 5) is 25.2. The van der Waals surface area contributed by atoms with Gasteiger partial charge in [0.25, 0.3) is 10.0 Å². The monoisotopic (exact) mass is 719 g/mol. The summed E-state index contributed by atoms with van der Waals surface area (Å²) in [5, 5.41) is 5.80. The first kappa shape index (κ1) is 33.7. The number of carbonyl (C=O) groups excluding carboxylic acids is 1. The first-order chi connectivity index (χ1) is 26.0. The molecule has 53 heavy (non-hydrogen) atoms. The predicted molar refractivity (Wildman–Crippen MR) is 210 cm³/mol. The van der Waals surface area contributed by atoms with Crippen molar-refractivity contribution in [1.29, 1.82) is 0 Å². The molecule has 3 heterocycles. The van der Waals surface area contributed by atoms with Crippen molar-refractivity contribution in [3.63, 3.8) is 0 Å². The third kappa shape index (κ3) is 6.84. The third-order valence-corrected chi connectivity index (χ3v) is 11.2. The van der Waals surface area contributed by atoms with Crippen LogP contribution in [-0.4, -0.2) is 47.3 Å². The van der Waals surface area contributed by atoms with Gasteiger partial charge >= 0.3 is 6.09 Å². The fourth-order valence-corrected chi connectivity index (χ4v) is 8.29. The van der Waals surface area contributed by atoms with E-state index in [2.05, 4.69) is 27.4 Å². The number of nitrogens with zero attached hydrogens (tertiary/aromatic N) is 2. The van der Waals surface area contributed by atoms with E-state index in [-0.39, 0.29) is 11.5 Å². The smallest absolute Gasteiger partial charge is 0.407 e. The van der Waals surface area contributed by atoms with Gasteiger partial charge < -0.3 is 20.0 Å². The maximum Gasteiger partial charge on any atom is 0.407 e. The first-order valence-corrected chi connectivity index (χ1v) is 19.0. The summed E-state index contributed by atoms with van der Waals surface area (Å²) in [6.07, 6.45) is 4.35. The first-order valence-electron chi connectivity index (χ1n) is 17.5. The summed E-state index contributed by atoms with van der Waals surface area (Å²) in [5.41, 5.74) is 7.63. The molecule has 10 heteroatoms. The van der Waals surface area contributed by atoms with Crippen molar-refractivity contribution in [2.45, 2.75) is 24.3 Å². The van der Waals surface area contributed by atoms with Gasteiger partial charge in [0.1, 0.15) is 6.61 Å². The minimum Gasteiger partial charge on any atom is -0.445 e. The molecular formula is C43H37N5O4S. The van der Waals surface area contributed by atoms with Crippen molar-refractivity contribution in [3.8, 4) is 0 Å². The van der Waals surface area contributed by atoms with Crippen molar-refractivity contribution in [2.24, 2.45) is 4.99 Å². The average molecular weight is 720 g/mol. The second kappa shape index (κ2) is 14.7. The number of hydrogen-bond acceptors (Lipinski definition) is 5. The highest BCUT2D eigenvalue weighted by atomic mass is 32.2. The number of benzene rings is 5. The van der Waals surface area contributed by atoms with Crippen LogP contribution in [0.3, 0.4) is 0 Å². The van der Waals surface area contributed by atoms with Crippen LogP contribution in [0.2, 0.25) is 0 Å². The molecule has 8 aromatic rings. The summed E-state index contributed by atoms with van der Waals surface area (Å²) < 4.78 is 35.1. The molecule has 0 fully saturated rings. The van der Waals surface area contributed by atoms with Gasteiger partial charge in [-0.05, 0) is 59.9 Å². The van der Waals surface area contributed by atoms with Crippen LogP contribution in [0, 0.1) is 0 Å². The molecule has 0 bridgehead atoms. The van der Waals surface area contributed by atoms with Gasteiger partial charge in [0.15, 0.2) is 0 Å². The van der Waals surface area contributed by atoms with Crippen molar-refractivity contribution < 1.29 is 17.9 Å². The van der Waals surface area contributed by atoms with Crippen LogP contribution in [-0.2, 0) is 34.2 Å². The van der Waals surface area contributed by atoms with Gasteiger partial charge in [-0.1, -0.05) is 103 Å². The van der Waals surface area contributed by atoms with Gasteiger partial charge in [-0.15, -0.1) is 0 Å². The van der Waals surface area contributed by atoms with Crippen LogP contribution in [0.15, 0.2) is 156 Å². The standard InChI is InChI=1S/C43H37N5O4S/c49-43(52-29-30-13-3-1-4-14-30)45-26-24-36-34-18-8-11-21-39(34)47-42(36)41(44-25-23-31-27-46-38-20-10-7-17-33(31)38)37-28-48(40-22-12-9-19-35(37)40)53(50,51)32-15-5-2-6-16-32/h1-22,27-28,46-47H,23-26,29H2,(H,45,49). The zero-order valence-corrected chi connectivity index (χ0v) is 29.6. The predicted octanol–water partition coefficient (Wildman–Crippen LogP) is 8.39. The van der Waals surface area contributed by atoms with E-state index < -0.39 is 16.1 Å². The number of aromatic nitrogens is 3. The number of carbonyl (C=O) groups is 1. The molecule has 3 aromatic heterocycles. The minimum absolute atomic E-state index is 0.175. The summed E-state index contributed by atoms with van der Waals surface area (Å²) >= 11 is 0. The van der Waals surface area contributed by atoms with Gasteiger partial charge in [-0.25, -0.2) is 17.2 Å². The number of rotatable bonds is 12. The quantitative estimate of drug-likeness (QED) is 0.110. The van der Waals surface area contributed by atoms with E-state index in [0.717, 1.165) is 49.6 Å². The Morgan fingerprint density at radius 3 is 2.19 bits per heavy atom. The maximum atomic E-state index is 14.1. The highest BCUT2D eigenvalue weighted by molar-refractivity contribution is 7.90. The Kier molecular flexibility index (Phi) is 9.35. The number of aliphatic imine (C=N–C) groups is 1. The Bertz CT molecular complexity index is 2690. The second-order valence-corrected chi connectivity index (χ2v) is 14.6. The molecule has 0 aliphatic carbocycles. The lowest BCUT2D eigenvalue weighted by atomic mass is 9.99. The van der Waals surface area contributed by atoms with Crippen molar-refractivity contribution in [3.05, 3.63) is 174 Å². The molecule has 0 atom stereocenters. The zero-order valence-electron chi connectivity index (χ0n) is 28.8. The number of H-pyrrole nitrogens is 2. The number of amides is 1. The summed E-state index contributed by atoms with van der Waals surface area (Å²) in [5.74, 6) is 0. The normalized spacial score (nSPS) is 12.1. The topological polar surface area (TPSA) is 121 Å². The molecule has 0 spiro atoms. The van der Waals surface area contributed by atoms with Crippen LogP contribution >= 0.6 is 0 Å². The lowest BCUT2D eigenvalue weighted by Gasteiger charge is -2.11. The molecule has 3 N–H and O–H groups in total.